The van der Waals surface area contributed by atoms with Crippen molar-refractivity contribution >= 4 is 5.97 Å². The van der Waals surface area contributed by atoms with Crippen molar-refractivity contribution in [2.75, 3.05) is 7.11 Å². The molecule has 0 N–H and O–H groups in total. The van der Waals surface area contributed by atoms with E-state index in [4.69, 9.17) is 0 Å². The van der Waals surface area contributed by atoms with Gasteiger partial charge in [0, 0.05) is 6.08 Å². The Labute approximate surface area is 74.6 Å². The number of carbonyl (C=O) groups is 1. The highest BCUT2D eigenvalue weighted by molar-refractivity contribution is 5.82. The summed E-state index contributed by atoms with van der Waals surface area (Å²) >= 11 is 0. The van der Waals surface area contributed by atoms with E-state index in [1.807, 2.05) is 6.92 Å². The summed E-state index contributed by atoms with van der Waals surface area (Å²) in [5.74, 6) is -0.246. The monoisotopic (exact) mass is 170 g/mol. The van der Waals surface area contributed by atoms with E-state index in [0.29, 0.717) is 0 Å². The summed E-state index contributed by atoms with van der Waals surface area (Å²) in [6.45, 7) is 4.13. The van der Waals surface area contributed by atoms with E-state index in [-0.39, 0.29) is 5.97 Å². The van der Waals surface area contributed by atoms with Crippen molar-refractivity contribution in [3.8, 4) is 0 Å². The summed E-state index contributed by atoms with van der Waals surface area (Å²) in [6, 6.07) is 0. The zero-order valence-electron chi connectivity index (χ0n) is 8.22. The number of ether oxygens (including phenoxy) is 1. The lowest BCUT2D eigenvalue weighted by molar-refractivity contribution is -0.134. The van der Waals surface area contributed by atoms with Crippen LogP contribution in [0.15, 0.2) is 11.6 Å². The first-order valence-electron chi connectivity index (χ1n) is 4.45. The van der Waals surface area contributed by atoms with Crippen molar-refractivity contribution < 1.29 is 9.53 Å². The van der Waals surface area contributed by atoms with Gasteiger partial charge in [0.1, 0.15) is 0 Å². The molecule has 0 aliphatic heterocycles. The Balaban J connectivity index is 3.62. The van der Waals surface area contributed by atoms with Gasteiger partial charge in [-0.15, -0.1) is 0 Å². The van der Waals surface area contributed by atoms with Crippen LogP contribution in [0.3, 0.4) is 0 Å². The maximum absolute atomic E-state index is 10.8. The zero-order valence-corrected chi connectivity index (χ0v) is 8.22. The second-order valence-corrected chi connectivity index (χ2v) is 2.97. The Morgan fingerprint density at radius 3 is 2.58 bits per heavy atom. The standard InChI is InChI=1S/C10H18O2/c1-4-5-6-7-9(2)8-10(11)12-3/h8H,4-7H2,1-3H3/b9-8-. The largest absolute Gasteiger partial charge is 0.466 e. The lowest BCUT2D eigenvalue weighted by Crippen LogP contribution is -1.95. The predicted molar refractivity (Wildman–Crippen MR) is 49.9 cm³/mol. The van der Waals surface area contributed by atoms with Crippen molar-refractivity contribution in [3.63, 3.8) is 0 Å². The fraction of sp³-hybridized carbons (Fsp3) is 0.700. The molecule has 0 unspecified atom stereocenters. The number of hydrogen-bond acceptors (Lipinski definition) is 2. The van der Waals surface area contributed by atoms with Crippen molar-refractivity contribution in [2.45, 2.75) is 39.5 Å². The molecule has 2 nitrogen and oxygen atoms in total. The van der Waals surface area contributed by atoms with Gasteiger partial charge in [-0.1, -0.05) is 25.3 Å². The van der Waals surface area contributed by atoms with Crippen molar-refractivity contribution in [1.82, 2.24) is 0 Å². The molecule has 0 heterocycles. The smallest absolute Gasteiger partial charge is 0.330 e. The zero-order chi connectivity index (χ0) is 9.40. The van der Waals surface area contributed by atoms with Crippen LogP contribution in [-0.4, -0.2) is 13.1 Å². The lowest BCUT2D eigenvalue weighted by atomic mass is 10.1. The first kappa shape index (κ1) is 11.2. The van der Waals surface area contributed by atoms with Crippen LogP contribution in [0.5, 0.6) is 0 Å². The third kappa shape index (κ3) is 5.96. The van der Waals surface area contributed by atoms with Gasteiger partial charge in [0.15, 0.2) is 0 Å². The molecule has 0 aromatic heterocycles. The molecule has 0 amide bonds. The average Bonchev–Trinajstić information content (AvgIpc) is 2.05. The van der Waals surface area contributed by atoms with Crippen LogP contribution < -0.4 is 0 Å². The average molecular weight is 170 g/mol. The first-order valence-corrected chi connectivity index (χ1v) is 4.45. The van der Waals surface area contributed by atoms with E-state index in [2.05, 4.69) is 11.7 Å². The third-order valence-electron chi connectivity index (χ3n) is 1.74. The van der Waals surface area contributed by atoms with Crippen LogP contribution in [0, 0.1) is 0 Å². The second kappa shape index (κ2) is 6.89. The summed E-state index contributed by atoms with van der Waals surface area (Å²) < 4.78 is 4.51. The van der Waals surface area contributed by atoms with Gasteiger partial charge in [-0.3, -0.25) is 0 Å². The highest BCUT2D eigenvalue weighted by Crippen LogP contribution is 2.07. The van der Waals surface area contributed by atoms with Gasteiger partial charge in [-0.25, -0.2) is 4.79 Å². The Kier molecular flexibility index (Phi) is 6.44. The summed E-state index contributed by atoms with van der Waals surface area (Å²) in [6.07, 6.45) is 6.17. The predicted octanol–water partition coefficient (Wildman–Crippen LogP) is 2.69. The van der Waals surface area contributed by atoms with Crippen LogP contribution in [0.4, 0.5) is 0 Å². The van der Waals surface area contributed by atoms with E-state index in [1.165, 1.54) is 20.0 Å². The molecule has 0 saturated heterocycles. The molecule has 0 aromatic carbocycles. The minimum absolute atomic E-state index is 0.246. The molecule has 0 bridgehead atoms. The Bertz CT molecular complexity index is 159. The highest BCUT2D eigenvalue weighted by atomic mass is 16.5. The van der Waals surface area contributed by atoms with Crippen LogP contribution in [0.25, 0.3) is 0 Å². The molecule has 70 valence electrons. The SMILES string of the molecule is CCCCC/C(C)=C\C(=O)OC. The molecule has 0 rings (SSSR count). The Morgan fingerprint density at radius 1 is 1.42 bits per heavy atom. The van der Waals surface area contributed by atoms with Crippen molar-refractivity contribution in [2.24, 2.45) is 0 Å². The topological polar surface area (TPSA) is 26.3 Å². The third-order valence-corrected chi connectivity index (χ3v) is 1.74. The number of carbonyl (C=O) groups excluding carboxylic acids is 1. The van der Waals surface area contributed by atoms with Gasteiger partial charge in [-0.2, -0.15) is 0 Å². The molecule has 0 aliphatic rings. The molecule has 0 fully saturated rings. The second-order valence-electron chi connectivity index (χ2n) is 2.97. The normalized spacial score (nSPS) is 11.4. The van der Waals surface area contributed by atoms with Crippen LogP contribution in [0.2, 0.25) is 0 Å². The van der Waals surface area contributed by atoms with Gasteiger partial charge >= 0.3 is 5.97 Å². The number of unbranched alkanes of at least 4 members (excludes halogenated alkanes) is 2. The molecular formula is C10H18O2. The lowest BCUT2D eigenvalue weighted by Gasteiger charge is -1.99. The minimum atomic E-state index is -0.246. The minimum Gasteiger partial charge on any atom is -0.466 e. The maximum Gasteiger partial charge on any atom is 0.330 e. The summed E-state index contributed by atoms with van der Waals surface area (Å²) in [5, 5.41) is 0. The highest BCUT2D eigenvalue weighted by Gasteiger charge is 1.95. The molecule has 0 spiro atoms. The molecule has 0 radical (unpaired) electrons. The van der Waals surface area contributed by atoms with Gasteiger partial charge in [-0.05, 0) is 19.8 Å². The molecule has 0 atom stereocenters. The maximum atomic E-state index is 10.8. The quantitative estimate of drug-likeness (QED) is 0.360. The number of rotatable bonds is 5. The Morgan fingerprint density at radius 2 is 2.08 bits per heavy atom. The van der Waals surface area contributed by atoms with Gasteiger partial charge in [0.05, 0.1) is 7.11 Å². The summed E-state index contributed by atoms with van der Waals surface area (Å²) in [7, 11) is 1.40. The number of allylic oxidation sites excluding steroid dienone is 1. The molecule has 0 aromatic rings. The summed E-state index contributed by atoms with van der Waals surface area (Å²) in [4.78, 5) is 10.8. The fourth-order valence-electron chi connectivity index (χ4n) is 0.986. The fourth-order valence-corrected chi connectivity index (χ4v) is 0.986. The van der Waals surface area contributed by atoms with Crippen LogP contribution in [0.1, 0.15) is 39.5 Å². The van der Waals surface area contributed by atoms with Crippen molar-refractivity contribution in [3.05, 3.63) is 11.6 Å². The molecular weight excluding hydrogens is 152 g/mol. The van der Waals surface area contributed by atoms with Gasteiger partial charge in [0.25, 0.3) is 0 Å². The van der Waals surface area contributed by atoms with Crippen LogP contribution >= 0.6 is 0 Å². The number of hydrogen-bond donors (Lipinski definition) is 0. The summed E-state index contributed by atoms with van der Waals surface area (Å²) in [5.41, 5.74) is 1.11. The van der Waals surface area contributed by atoms with E-state index < -0.39 is 0 Å². The van der Waals surface area contributed by atoms with E-state index in [9.17, 15) is 4.79 Å². The van der Waals surface area contributed by atoms with E-state index in [0.717, 1.165) is 18.4 Å². The number of esters is 1. The molecule has 2 heteroatoms. The van der Waals surface area contributed by atoms with Crippen molar-refractivity contribution in [1.29, 1.82) is 0 Å². The van der Waals surface area contributed by atoms with Gasteiger partial charge < -0.3 is 4.74 Å². The first-order chi connectivity index (χ1) is 5.70. The Hall–Kier alpha value is -0.790. The van der Waals surface area contributed by atoms with Crippen LogP contribution in [-0.2, 0) is 9.53 Å². The van der Waals surface area contributed by atoms with Gasteiger partial charge in [0.2, 0.25) is 0 Å². The molecule has 0 saturated carbocycles. The molecule has 12 heavy (non-hydrogen) atoms. The van der Waals surface area contributed by atoms with E-state index >= 15 is 0 Å². The number of methoxy groups -OCH3 is 1. The van der Waals surface area contributed by atoms with E-state index in [1.54, 1.807) is 6.08 Å². The molecule has 0 aliphatic carbocycles.